The number of nitrogens with zero attached hydrogens (tertiary/aromatic N) is 2. The third-order valence-corrected chi connectivity index (χ3v) is 3.74. The van der Waals surface area contributed by atoms with E-state index in [2.05, 4.69) is 4.98 Å². The summed E-state index contributed by atoms with van der Waals surface area (Å²) in [6.45, 7) is 5.79. The lowest BCUT2D eigenvalue weighted by Crippen LogP contribution is -2.48. The summed E-state index contributed by atoms with van der Waals surface area (Å²) in [5, 5.41) is 2.74. The standard InChI is InChI=1S/C12H19N3O2S/c1-8-5-15(6-9(2)17-8)12(16)10-7-18-11(14-10)3-4-13/h7-9H,3-6,13H2,1-2H3/t8-,9-/m0/s1. The van der Waals surface area contributed by atoms with E-state index in [-0.39, 0.29) is 18.1 Å². The zero-order valence-electron chi connectivity index (χ0n) is 10.8. The highest BCUT2D eigenvalue weighted by molar-refractivity contribution is 7.09. The molecule has 6 heteroatoms. The summed E-state index contributed by atoms with van der Waals surface area (Å²) in [5.74, 6) is -0.00322. The molecular weight excluding hydrogens is 250 g/mol. The minimum absolute atomic E-state index is 0.00322. The van der Waals surface area contributed by atoms with E-state index in [9.17, 15) is 4.79 Å². The number of carbonyl (C=O) groups excluding carboxylic acids is 1. The summed E-state index contributed by atoms with van der Waals surface area (Å²) in [6, 6.07) is 0. The van der Waals surface area contributed by atoms with Crippen LogP contribution in [0.25, 0.3) is 0 Å². The molecule has 1 aliphatic heterocycles. The van der Waals surface area contributed by atoms with Gasteiger partial charge in [0.2, 0.25) is 0 Å². The van der Waals surface area contributed by atoms with E-state index < -0.39 is 0 Å². The molecule has 2 rings (SSSR count). The van der Waals surface area contributed by atoms with Crippen molar-refractivity contribution in [3.63, 3.8) is 0 Å². The molecule has 0 aromatic carbocycles. The third kappa shape index (κ3) is 3.07. The molecule has 0 bridgehead atoms. The minimum Gasteiger partial charge on any atom is -0.372 e. The maximum Gasteiger partial charge on any atom is 0.273 e. The van der Waals surface area contributed by atoms with Crippen LogP contribution in [0.4, 0.5) is 0 Å². The minimum atomic E-state index is -0.00322. The Hall–Kier alpha value is -0.980. The number of ether oxygens (including phenoxy) is 1. The largest absolute Gasteiger partial charge is 0.372 e. The lowest BCUT2D eigenvalue weighted by atomic mass is 10.2. The van der Waals surface area contributed by atoms with Crippen LogP contribution in [0.3, 0.4) is 0 Å². The second-order valence-corrected chi connectivity index (χ2v) is 5.58. The number of thiazole rings is 1. The van der Waals surface area contributed by atoms with E-state index in [4.69, 9.17) is 10.5 Å². The fraction of sp³-hybridized carbons (Fsp3) is 0.667. The Labute approximate surface area is 111 Å². The average molecular weight is 269 g/mol. The van der Waals surface area contributed by atoms with Gasteiger partial charge in [-0.15, -0.1) is 11.3 Å². The molecule has 1 aliphatic rings. The molecule has 2 heterocycles. The van der Waals surface area contributed by atoms with Gasteiger partial charge in [0.05, 0.1) is 17.2 Å². The van der Waals surface area contributed by atoms with E-state index in [1.54, 1.807) is 0 Å². The fourth-order valence-electron chi connectivity index (χ4n) is 2.15. The number of morpholine rings is 1. The van der Waals surface area contributed by atoms with Crippen molar-refractivity contribution in [1.29, 1.82) is 0 Å². The molecule has 1 fully saturated rings. The average Bonchev–Trinajstić information content (AvgIpc) is 2.76. The second kappa shape index (κ2) is 5.77. The summed E-state index contributed by atoms with van der Waals surface area (Å²) in [7, 11) is 0. The molecule has 1 saturated heterocycles. The van der Waals surface area contributed by atoms with Crippen LogP contribution in [0.5, 0.6) is 0 Å². The first-order valence-electron chi connectivity index (χ1n) is 6.19. The summed E-state index contributed by atoms with van der Waals surface area (Å²) in [4.78, 5) is 18.4. The Kier molecular flexibility index (Phi) is 4.31. The van der Waals surface area contributed by atoms with Crippen LogP contribution >= 0.6 is 11.3 Å². The van der Waals surface area contributed by atoms with Gasteiger partial charge in [-0.2, -0.15) is 0 Å². The van der Waals surface area contributed by atoms with Crippen LogP contribution < -0.4 is 5.73 Å². The number of hydrogen-bond donors (Lipinski definition) is 1. The van der Waals surface area contributed by atoms with Crippen molar-refractivity contribution in [2.75, 3.05) is 19.6 Å². The van der Waals surface area contributed by atoms with Gasteiger partial charge in [0.15, 0.2) is 0 Å². The van der Waals surface area contributed by atoms with E-state index in [1.807, 2.05) is 24.1 Å². The van der Waals surface area contributed by atoms with Crippen LogP contribution in [0.2, 0.25) is 0 Å². The van der Waals surface area contributed by atoms with Crippen molar-refractivity contribution in [3.05, 3.63) is 16.1 Å². The molecule has 0 unspecified atom stereocenters. The molecule has 0 saturated carbocycles. The third-order valence-electron chi connectivity index (χ3n) is 2.84. The molecule has 0 aliphatic carbocycles. The molecular formula is C12H19N3O2S. The Bertz CT molecular complexity index is 411. The van der Waals surface area contributed by atoms with Crippen molar-refractivity contribution < 1.29 is 9.53 Å². The quantitative estimate of drug-likeness (QED) is 0.885. The maximum atomic E-state index is 12.3. The number of amides is 1. The van der Waals surface area contributed by atoms with E-state index >= 15 is 0 Å². The Morgan fingerprint density at radius 3 is 2.83 bits per heavy atom. The van der Waals surface area contributed by atoms with E-state index in [0.717, 1.165) is 11.4 Å². The first-order chi connectivity index (χ1) is 8.60. The summed E-state index contributed by atoms with van der Waals surface area (Å²) >= 11 is 1.50. The summed E-state index contributed by atoms with van der Waals surface area (Å²) in [6.07, 6.45) is 0.896. The number of carbonyl (C=O) groups is 1. The van der Waals surface area contributed by atoms with Crippen molar-refractivity contribution in [2.45, 2.75) is 32.5 Å². The van der Waals surface area contributed by atoms with Gasteiger partial charge in [-0.3, -0.25) is 4.79 Å². The maximum absolute atomic E-state index is 12.3. The highest BCUT2D eigenvalue weighted by atomic mass is 32.1. The first-order valence-corrected chi connectivity index (χ1v) is 7.07. The molecule has 2 N–H and O–H groups in total. The van der Waals surface area contributed by atoms with Gasteiger partial charge in [0.25, 0.3) is 5.91 Å². The van der Waals surface area contributed by atoms with Crippen molar-refractivity contribution >= 4 is 17.2 Å². The number of rotatable bonds is 3. The van der Waals surface area contributed by atoms with Gasteiger partial charge in [0.1, 0.15) is 5.69 Å². The number of aromatic nitrogens is 1. The predicted molar refractivity (Wildman–Crippen MR) is 70.8 cm³/mol. The molecule has 0 radical (unpaired) electrons. The Balaban J connectivity index is 2.05. The molecule has 0 spiro atoms. The van der Waals surface area contributed by atoms with Crippen LogP contribution in [0, 0.1) is 0 Å². The summed E-state index contributed by atoms with van der Waals surface area (Å²) < 4.78 is 5.62. The molecule has 5 nitrogen and oxygen atoms in total. The normalized spacial score (nSPS) is 24.3. The fourth-order valence-corrected chi connectivity index (χ4v) is 2.94. The van der Waals surface area contributed by atoms with Gasteiger partial charge in [-0.05, 0) is 20.4 Å². The highest BCUT2D eigenvalue weighted by Crippen LogP contribution is 2.16. The molecule has 1 aromatic rings. The van der Waals surface area contributed by atoms with E-state index in [0.29, 0.717) is 25.3 Å². The SMILES string of the molecule is C[C@H]1CN(C(=O)c2csc(CCN)n2)C[C@H](C)O1. The molecule has 18 heavy (non-hydrogen) atoms. The van der Waals surface area contributed by atoms with E-state index in [1.165, 1.54) is 11.3 Å². The smallest absolute Gasteiger partial charge is 0.273 e. The van der Waals surface area contributed by atoms with Crippen LogP contribution in [0.15, 0.2) is 5.38 Å². The summed E-state index contributed by atoms with van der Waals surface area (Å²) in [5.41, 5.74) is 6.01. The van der Waals surface area contributed by atoms with Crippen LogP contribution in [-0.4, -0.2) is 47.6 Å². The zero-order chi connectivity index (χ0) is 13.1. The molecule has 100 valence electrons. The Morgan fingerprint density at radius 1 is 1.56 bits per heavy atom. The predicted octanol–water partition coefficient (Wildman–Crippen LogP) is 0.894. The molecule has 1 amide bonds. The van der Waals surface area contributed by atoms with Gasteiger partial charge in [0, 0.05) is 24.9 Å². The van der Waals surface area contributed by atoms with Crippen LogP contribution in [0.1, 0.15) is 29.3 Å². The van der Waals surface area contributed by atoms with Crippen molar-refractivity contribution in [2.24, 2.45) is 5.73 Å². The second-order valence-electron chi connectivity index (χ2n) is 4.63. The highest BCUT2D eigenvalue weighted by Gasteiger charge is 2.27. The monoisotopic (exact) mass is 269 g/mol. The first kappa shape index (κ1) is 13.5. The van der Waals surface area contributed by atoms with Gasteiger partial charge in [-0.1, -0.05) is 0 Å². The van der Waals surface area contributed by atoms with Gasteiger partial charge >= 0.3 is 0 Å². The van der Waals surface area contributed by atoms with Gasteiger partial charge in [-0.25, -0.2) is 4.98 Å². The zero-order valence-corrected chi connectivity index (χ0v) is 11.6. The lowest BCUT2D eigenvalue weighted by Gasteiger charge is -2.34. The van der Waals surface area contributed by atoms with Crippen molar-refractivity contribution in [1.82, 2.24) is 9.88 Å². The Morgan fingerprint density at radius 2 is 2.22 bits per heavy atom. The van der Waals surface area contributed by atoms with Crippen molar-refractivity contribution in [3.8, 4) is 0 Å². The molecule has 1 aromatic heterocycles. The molecule has 2 atom stereocenters. The van der Waals surface area contributed by atoms with Crippen LogP contribution in [-0.2, 0) is 11.2 Å². The lowest BCUT2D eigenvalue weighted by molar-refractivity contribution is -0.0587. The number of nitrogens with two attached hydrogens (primary N) is 1. The topological polar surface area (TPSA) is 68.5 Å². The number of hydrogen-bond acceptors (Lipinski definition) is 5. The van der Waals surface area contributed by atoms with Gasteiger partial charge < -0.3 is 15.4 Å².